The molecule has 1 heterocycles. The number of carboxylic acid groups (broad SMARTS) is 1. The van der Waals surface area contributed by atoms with Gasteiger partial charge >= 0.3 is 5.97 Å². The fraction of sp³-hybridized carbons (Fsp3) is 0.349. The first-order chi connectivity index (χ1) is 41.9. The third-order valence-electron chi connectivity index (χ3n) is 14.4. The van der Waals surface area contributed by atoms with Gasteiger partial charge in [0.1, 0.15) is 48.3 Å². The first kappa shape index (κ1) is 67.6. The molecule has 1 aromatic heterocycles. The number of carboxylic acids is 1. The number of H-pyrrole nitrogens is 1. The lowest BCUT2D eigenvalue weighted by molar-refractivity contribution is -0.142. The van der Waals surface area contributed by atoms with Gasteiger partial charge in [-0.3, -0.25) is 38.4 Å². The maximum Gasteiger partial charge on any atom is 0.326 e. The largest absolute Gasteiger partial charge is 0.480 e. The van der Waals surface area contributed by atoms with E-state index in [9.17, 15) is 53.4 Å². The number of aliphatic hydroxyl groups excluding tert-OH is 1. The molecule has 462 valence electrons. The topological polar surface area (TPSA) is 358 Å². The number of unbranched alkanes of at least 4 members (excludes halogenated alkanes) is 1. The summed E-state index contributed by atoms with van der Waals surface area (Å²) in [6.45, 7) is 1.45. The molecule has 0 saturated heterocycles. The highest BCUT2D eigenvalue weighted by Crippen LogP contribution is 2.20. The molecule has 6 rings (SSSR count). The minimum absolute atomic E-state index is 0.0319. The number of thiol groups is 2. The second-order valence-electron chi connectivity index (χ2n) is 21.1. The molecule has 0 aliphatic heterocycles. The number of fused-ring (bicyclic) bond motifs is 1. The number of rotatable bonds is 34. The van der Waals surface area contributed by atoms with Gasteiger partial charge < -0.3 is 69.2 Å². The first-order valence-corrected chi connectivity index (χ1v) is 29.9. The average molecular weight is 1230 g/mol. The minimum Gasteiger partial charge on any atom is -0.480 e. The van der Waals surface area contributed by atoms with E-state index in [1.807, 2.05) is 48.5 Å². The predicted molar refractivity (Wildman–Crippen MR) is 336 cm³/mol. The van der Waals surface area contributed by atoms with Crippen molar-refractivity contribution in [2.75, 3.05) is 18.1 Å². The monoisotopic (exact) mass is 1230 g/mol. The number of para-hydroxylation sites is 1. The summed E-state index contributed by atoms with van der Waals surface area (Å²) >= 11 is 8.65. The molecule has 0 spiro atoms. The lowest BCUT2D eigenvalue weighted by atomic mass is 10.0. The van der Waals surface area contributed by atoms with Crippen LogP contribution >= 0.6 is 25.3 Å². The van der Waals surface area contributed by atoms with Gasteiger partial charge in [0.15, 0.2) is 0 Å². The van der Waals surface area contributed by atoms with Crippen LogP contribution in [0.25, 0.3) is 10.9 Å². The molecule has 0 saturated carbocycles. The lowest BCUT2D eigenvalue weighted by Crippen LogP contribution is -2.62. The van der Waals surface area contributed by atoms with Crippen LogP contribution in [-0.4, -0.2) is 147 Å². The van der Waals surface area contributed by atoms with Crippen LogP contribution in [0, 0.1) is 0 Å². The molecule has 22 nitrogen and oxygen atoms in total. The number of hydrogen-bond donors (Lipinski definition) is 15. The fourth-order valence-electron chi connectivity index (χ4n) is 9.57. The Bertz CT molecular complexity index is 3240. The number of carbonyl (C=O) groups is 9. The van der Waals surface area contributed by atoms with Crippen molar-refractivity contribution in [2.45, 2.75) is 119 Å². The zero-order valence-electron chi connectivity index (χ0n) is 48.1. The molecule has 0 aliphatic carbocycles. The number of aliphatic hydroxyl groups is 1. The lowest BCUT2D eigenvalue weighted by Gasteiger charge is -2.29. The van der Waals surface area contributed by atoms with Crippen LogP contribution < -0.4 is 54.0 Å². The van der Waals surface area contributed by atoms with Crippen LogP contribution in [-0.2, 0) is 75.3 Å². The molecule has 24 heteroatoms. The van der Waals surface area contributed by atoms with Gasteiger partial charge in [-0.15, -0.1) is 0 Å². The predicted octanol–water partition coefficient (Wildman–Crippen LogP) is 1.34. The third-order valence-corrected chi connectivity index (χ3v) is 15.1. The Morgan fingerprint density at radius 1 is 0.448 bits per heavy atom. The van der Waals surface area contributed by atoms with Gasteiger partial charge in [-0.05, 0) is 73.0 Å². The number of aromatic nitrogens is 1. The number of amides is 8. The summed E-state index contributed by atoms with van der Waals surface area (Å²) in [7, 11) is 0. The van der Waals surface area contributed by atoms with Gasteiger partial charge in [0, 0.05) is 54.3 Å². The number of aromatic amines is 1. The molecule has 15 N–H and O–H groups in total. The molecule has 0 radical (unpaired) electrons. The highest BCUT2D eigenvalue weighted by molar-refractivity contribution is 7.80. The van der Waals surface area contributed by atoms with Crippen molar-refractivity contribution < 1.29 is 53.4 Å². The van der Waals surface area contributed by atoms with E-state index in [4.69, 9.17) is 11.5 Å². The van der Waals surface area contributed by atoms with E-state index in [0.717, 1.165) is 16.5 Å². The summed E-state index contributed by atoms with van der Waals surface area (Å²) < 4.78 is 0. The molecule has 6 aromatic rings. The fourth-order valence-corrected chi connectivity index (χ4v) is 10.1. The van der Waals surface area contributed by atoms with Crippen LogP contribution in [0.4, 0.5) is 0 Å². The number of nitrogens with one attached hydrogen (secondary N) is 9. The number of benzene rings is 5. The van der Waals surface area contributed by atoms with Crippen LogP contribution in [0.1, 0.15) is 54.0 Å². The van der Waals surface area contributed by atoms with E-state index in [0.29, 0.717) is 35.1 Å². The highest BCUT2D eigenvalue weighted by Gasteiger charge is 2.36. The summed E-state index contributed by atoms with van der Waals surface area (Å²) in [5.41, 5.74) is 16.1. The average Bonchev–Trinajstić information content (AvgIpc) is 3.61. The molecule has 8 amide bonds. The standard InChI is InChI=1S/C63H77N11O11S2/c1-38(75)54(62(83)73-53(37-87)61(82)69-49(32-41-22-10-4-11-23-41)58(79)71-51(63(84)85)33-42-24-12-5-13-25-42)74-56(77)47(28-16-17-29-64)67-59(80)50(34-43-35-66-46-27-15-14-26-44(43)46)70-57(78)48(31-40-20-8-3-9-21-40)68-60(81)52(36-86)72-55(76)45(65)30-39-18-6-2-7-19-39/h2-15,18-27,35,38,45,47-54,66,75,86-87H,16-17,28-34,36-37,64-65H2,1H3,(H,67,80)(H,68,81)(H,69,82)(H,70,78)(H,71,79)(H,72,76)(H,73,83)(H,74,77)(H,84,85)/t38-,45+,47+,48+,49+,50-,51+,52+,53+,54+/m1/s1. The Hall–Kier alpha value is -8.55. The minimum atomic E-state index is -1.74. The number of nitrogens with two attached hydrogens (primary N) is 2. The van der Waals surface area contributed by atoms with Crippen molar-refractivity contribution in [1.29, 1.82) is 0 Å². The Balaban J connectivity index is 1.20. The maximum absolute atomic E-state index is 14.9. The van der Waals surface area contributed by atoms with Crippen molar-refractivity contribution in [3.05, 3.63) is 180 Å². The summed E-state index contributed by atoms with van der Waals surface area (Å²) in [4.78, 5) is 129. The van der Waals surface area contributed by atoms with E-state index >= 15 is 0 Å². The van der Waals surface area contributed by atoms with Crippen molar-refractivity contribution in [1.82, 2.24) is 47.5 Å². The van der Waals surface area contributed by atoms with E-state index in [-0.39, 0.29) is 56.6 Å². The Labute approximate surface area is 515 Å². The second kappa shape index (κ2) is 34.6. The van der Waals surface area contributed by atoms with Crippen molar-refractivity contribution in [3.8, 4) is 0 Å². The SMILES string of the molecule is C[C@@H](O)[C@H](NC(=O)[C@H](CCCCN)NC(=O)[C@@H](Cc1c[nH]c2ccccc12)NC(=O)[C@H](Cc1ccccc1)NC(=O)[C@H](CS)NC(=O)[C@@H](N)Cc1ccccc1)C(=O)N[C@@H](CS)C(=O)N[C@@H](Cc1ccccc1)C(=O)N[C@@H](Cc1ccccc1)C(=O)O. The van der Waals surface area contributed by atoms with Crippen LogP contribution in [0.5, 0.6) is 0 Å². The van der Waals surface area contributed by atoms with E-state index < -0.39 is 114 Å². The Morgan fingerprint density at radius 2 is 0.816 bits per heavy atom. The van der Waals surface area contributed by atoms with Crippen molar-refractivity contribution in [3.63, 3.8) is 0 Å². The molecule has 0 aliphatic rings. The van der Waals surface area contributed by atoms with E-state index in [2.05, 4.69) is 72.8 Å². The van der Waals surface area contributed by atoms with Gasteiger partial charge in [-0.25, -0.2) is 4.79 Å². The van der Waals surface area contributed by atoms with E-state index in [1.165, 1.54) is 6.92 Å². The molecule has 5 aromatic carbocycles. The zero-order valence-corrected chi connectivity index (χ0v) is 49.9. The molecule has 0 fully saturated rings. The summed E-state index contributed by atoms with van der Waals surface area (Å²) in [6.07, 6.45) is 0.622. The second-order valence-corrected chi connectivity index (χ2v) is 21.8. The van der Waals surface area contributed by atoms with Gasteiger partial charge in [0.2, 0.25) is 47.3 Å². The number of hydrogen-bond acceptors (Lipinski definition) is 14. The number of carbonyl (C=O) groups excluding carboxylic acids is 8. The molecule has 87 heavy (non-hydrogen) atoms. The highest BCUT2D eigenvalue weighted by atomic mass is 32.1. The third kappa shape index (κ3) is 21.1. The molecular formula is C63H77N11O11S2. The normalized spacial score (nSPS) is 14.6. The molecular weight excluding hydrogens is 1150 g/mol. The molecule has 10 atom stereocenters. The van der Waals surface area contributed by atoms with Crippen LogP contribution in [0.3, 0.4) is 0 Å². The van der Waals surface area contributed by atoms with Gasteiger partial charge in [-0.2, -0.15) is 25.3 Å². The van der Waals surface area contributed by atoms with Crippen LogP contribution in [0.2, 0.25) is 0 Å². The summed E-state index contributed by atoms with van der Waals surface area (Å²) in [5.74, 6) is -8.50. The quantitative estimate of drug-likeness (QED) is 0.0201. The first-order valence-electron chi connectivity index (χ1n) is 28.6. The number of aliphatic carboxylic acids is 1. The van der Waals surface area contributed by atoms with Crippen molar-refractivity contribution >= 4 is 89.4 Å². The summed E-state index contributed by atoms with van der Waals surface area (Å²) in [5, 5.41) is 43.0. The van der Waals surface area contributed by atoms with Gasteiger partial charge in [0.25, 0.3) is 0 Å². The Morgan fingerprint density at radius 3 is 1.26 bits per heavy atom. The Kier molecular flexibility index (Phi) is 26.8. The van der Waals surface area contributed by atoms with Gasteiger partial charge in [0.05, 0.1) is 12.1 Å². The smallest absolute Gasteiger partial charge is 0.326 e. The van der Waals surface area contributed by atoms with Crippen molar-refractivity contribution in [2.24, 2.45) is 11.5 Å². The maximum atomic E-state index is 14.9. The summed E-state index contributed by atoms with van der Waals surface area (Å²) in [6, 6.07) is 30.1. The van der Waals surface area contributed by atoms with Gasteiger partial charge in [-0.1, -0.05) is 140 Å². The zero-order chi connectivity index (χ0) is 62.8. The molecule has 0 unspecified atom stereocenters. The van der Waals surface area contributed by atoms with E-state index in [1.54, 1.807) is 103 Å². The van der Waals surface area contributed by atoms with Crippen LogP contribution in [0.15, 0.2) is 152 Å². The molecule has 0 bridgehead atoms.